The zero-order valence-corrected chi connectivity index (χ0v) is 5.96. The molecular weight excluding hydrogens is 140 g/mol. The predicted octanol–water partition coefficient (Wildman–Crippen LogP) is 2.57. The Balaban J connectivity index is 0.000000112. The van der Waals surface area contributed by atoms with Gasteiger partial charge in [0.15, 0.2) is 0 Å². The molecule has 1 saturated carbocycles. The van der Waals surface area contributed by atoms with Crippen LogP contribution in [0.3, 0.4) is 0 Å². The summed E-state index contributed by atoms with van der Waals surface area (Å²) in [5.41, 5.74) is 0. The molecule has 0 nitrogen and oxygen atoms in total. The van der Waals surface area contributed by atoms with Crippen molar-refractivity contribution in [3.05, 3.63) is 0 Å². The Hall–Kier alpha value is 0.480. The van der Waals surface area contributed by atoms with E-state index in [4.69, 9.17) is 0 Å². The maximum Gasteiger partial charge on any atom is 0.0146 e. The minimum atomic E-state index is 0.896. The third kappa shape index (κ3) is 4.48. The highest BCUT2D eigenvalue weighted by Gasteiger charge is 2.15. The molecule has 0 aromatic heterocycles. The fourth-order valence-electron chi connectivity index (χ4n) is 0.0630. The number of hydrogen-bond acceptors (Lipinski definition) is 0. The Labute approximate surface area is 48.1 Å². The van der Waals surface area contributed by atoms with E-state index in [2.05, 4.69) is 15.9 Å². The van der Waals surface area contributed by atoms with Crippen LogP contribution < -0.4 is 0 Å². The molecular formula is C5H11Br. The van der Waals surface area contributed by atoms with Crippen molar-refractivity contribution in [1.82, 2.24) is 0 Å². The smallest absolute Gasteiger partial charge is 0.0146 e. The normalized spacial score (nSPS) is 18.5. The summed E-state index contributed by atoms with van der Waals surface area (Å²) in [6, 6.07) is 0. The van der Waals surface area contributed by atoms with Crippen LogP contribution in [0.1, 0.15) is 26.7 Å². The summed E-state index contributed by atoms with van der Waals surface area (Å²) in [5, 5.41) is 0. The van der Waals surface area contributed by atoms with Crippen molar-refractivity contribution in [2.24, 2.45) is 0 Å². The van der Waals surface area contributed by atoms with Crippen molar-refractivity contribution in [3.8, 4) is 0 Å². The molecule has 0 atom stereocenters. The molecule has 0 aromatic rings. The van der Waals surface area contributed by atoms with Crippen LogP contribution in [0.2, 0.25) is 0 Å². The highest BCUT2D eigenvalue weighted by atomic mass is 79.9. The Bertz CT molecular complexity index is 23.1. The zero-order chi connectivity index (χ0) is 4.99. The van der Waals surface area contributed by atoms with E-state index >= 15 is 0 Å². The topological polar surface area (TPSA) is 0 Å². The molecule has 6 heavy (non-hydrogen) atoms. The quantitative estimate of drug-likeness (QED) is 0.466. The summed E-state index contributed by atoms with van der Waals surface area (Å²) in [4.78, 5) is 0.896. The van der Waals surface area contributed by atoms with Crippen LogP contribution in [0.4, 0.5) is 0 Å². The molecule has 0 aliphatic heterocycles. The second-order valence-electron chi connectivity index (χ2n) is 1.17. The third-order valence-electron chi connectivity index (χ3n) is 0.507. The molecule has 0 radical (unpaired) electrons. The molecule has 0 N–H and O–H groups in total. The largest absolute Gasteiger partial charge is 0.0891 e. The number of hydrogen-bond donors (Lipinski definition) is 0. The summed E-state index contributed by atoms with van der Waals surface area (Å²) in [7, 11) is 0. The molecule has 0 unspecified atom stereocenters. The van der Waals surface area contributed by atoms with Crippen LogP contribution in [0, 0.1) is 0 Å². The lowest BCUT2D eigenvalue weighted by Crippen LogP contribution is -1.42. The Morgan fingerprint density at radius 1 is 1.33 bits per heavy atom. The fraction of sp³-hybridized carbons (Fsp3) is 1.00. The van der Waals surface area contributed by atoms with Gasteiger partial charge in [0.2, 0.25) is 0 Å². The molecule has 38 valence electrons. The van der Waals surface area contributed by atoms with Crippen LogP contribution in [0.5, 0.6) is 0 Å². The number of halogens is 1. The van der Waals surface area contributed by atoms with Gasteiger partial charge in [0.25, 0.3) is 0 Å². The van der Waals surface area contributed by atoms with E-state index in [1.54, 1.807) is 0 Å². The molecule has 1 aliphatic carbocycles. The van der Waals surface area contributed by atoms with Gasteiger partial charge in [-0.15, -0.1) is 0 Å². The van der Waals surface area contributed by atoms with Crippen LogP contribution >= 0.6 is 15.9 Å². The summed E-state index contributed by atoms with van der Waals surface area (Å²) < 4.78 is 0. The second kappa shape index (κ2) is 3.66. The Kier molecular flexibility index (Phi) is 3.96. The summed E-state index contributed by atoms with van der Waals surface area (Å²) >= 11 is 3.38. The molecule has 1 aliphatic rings. The van der Waals surface area contributed by atoms with E-state index in [0.29, 0.717) is 0 Å². The molecule has 0 heterocycles. The summed E-state index contributed by atoms with van der Waals surface area (Å²) in [5.74, 6) is 0. The minimum absolute atomic E-state index is 0.896. The lowest BCUT2D eigenvalue weighted by atomic mass is 11.0. The van der Waals surface area contributed by atoms with E-state index in [1.165, 1.54) is 12.8 Å². The van der Waals surface area contributed by atoms with Gasteiger partial charge in [-0.3, -0.25) is 0 Å². The van der Waals surface area contributed by atoms with Gasteiger partial charge in [0.1, 0.15) is 0 Å². The van der Waals surface area contributed by atoms with Gasteiger partial charge < -0.3 is 0 Å². The molecule has 1 heteroatoms. The lowest BCUT2D eigenvalue weighted by Gasteiger charge is -1.50. The minimum Gasteiger partial charge on any atom is -0.0891 e. The van der Waals surface area contributed by atoms with E-state index in [0.717, 1.165) is 4.83 Å². The van der Waals surface area contributed by atoms with Crippen LogP contribution in [0.15, 0.2) is 0 Å². The number of rotatable bonds is 0. The van der Waals surface area contributed by atoms with E-state index in [1.807, 2.05) is 13.8 Å². The third-order valence-corrected chi connectivity index (χ3v) is 1.42. The first-order chi connectivity index (χ1) is 2.89. The second-order valence-corrected chi connectivity index (χ2v) is 2.47. The molecule has 0 aromatic carbocycles. The average Bonchev–Trinajstić information content (AvgIpc) is 2.30. The van der Waals surface area contributed by atoms with Gasteiger partial charge in [0.05, 0.1) is 0 Å². The predicted molar refractivity (Wildman–Crippen MR) is 33.3 cm³/mol. The zero-order valence-electron chi connectivity index (χ0n) is 4.37. The average molecular weight is 151 g/mol. The lowest BCUT2D eigenvalue weighted by molar-refractivity contribution is 1.50. The van der Waals surface area contributed by atoms with Gasteiger partial charge in [-0.05, 0) is 12.8 Å². The van der Waals surface area contributed by atoms with Crippen molar-refractivity contribution in [2.45, 2.75) is 31.5 Å². The first kappa shape index (κ1) is 6.48. The molecule has 0 amide bonds. The summed E-state index contributed by atoms with van der Waals surface area (Å²) in [6.45, 7) is 4.00. The number of alkyl halides is 1. The van der Waals surface area contributed by atoms with Gasteiger partial charge in [-0.25, -0.2) is 0 Å². The SMILES string of the molecule is BrC1CC1.CC. The van der Waals surface area contributed by atoms with E-state index < -0.39 is 0 Å². The van der Waals surface area contributed by atoms with Crippen molar-refractivity contribution < 1.29 is 0 Å². The first-order valence-electron chi connectivity index (χ1n) is 2.53. The van der Waals surface area contributed by atoms with Crippen LogP contribution in [-0.4, -0.2) is 4.83 Å². The standard InChI is InChI=1S/C3H5Br.C2H6/c4-3-1-2-3;1-2/h3H,1-2H2;1-2H3. The van der Waals surface area contributed by atoms with Crippen LogP contribution in [0.25, 0.3) is 0 Å². The van der Waals surface area contributed by atoms with Gasteiger partial charge in [-0.1, -0.05) is 29.8 Å². The molecule has 0 saturated heterocycles. The van der Waals surface area contributed by atoms with Crippen LogP contribution in [-0.2, 0) is 0 Å². The molecule has 1 rings (SSSR count). The van der Waals surface area contributed by atoms with Gasteiger partial charge >= 0.3 is 0 Å². The fourth-order valence-corrected chi connectivity index (χ4v) is 0.327. The van der Waals surface area contributed by atoms with E-state index in [9.17, 15) is 0 Å². The maximum absolute atomic E-state index is 3.38. The van der Waals surface area contributed by atoms with Gasteiger partial charge in [-0.2, -0.15) is 0 Å². The summed E-state index contributed by atoms with van der Waals surface area (Å²) in [6.07, 6.45) is 2.81. The highest BCUT2D eigenvalue weighted by Crippen LogP contribution is 2.27. The van der Waals surface area contributed by atoms with Crippen molar-refractivity contribution in [3.63, 3.8) is 0 Å². The molecule has 0 bridgehead atoms. The first-order valence-corrected chi connectivity index (χ1v) is 3.45. The maximum atomic E-state index is 3.38. The Morgan fingerprint density at radius 3 is 1.50 bits per heavy atom. The van der Waals surface area contributed by atoms with Crippen molar-refractivity contribution >= 4 is 15.9 Å². The van der Waals surface area contributed by atoms with Crippen molar-refractivity contribution in [2.75, 3.05) is 0 Å². The molecule has 1 fully saturated rings. The molecule has 0 spiro atoms. The highest BCUT2D eigenvalue weighted by molar-refractivity contribution is 9.09. The van der Waals surface area contributed by atoms with Gasteiger partial charge in [0, 0.05) is 4.83 Å². The van der Waals surface area contributed by atoms with Crippen molar-refractivity contribution in [1.29, 1.82) is 0 Å². The van der Waals surface area contributed by atoms with E-state index in [-0.39, 0.29) is 0 Å². The Morgan fingerprint density at radius 2 is 1.50 bits per heavy atom. The monoisotopic (exact) mass is 150 g/mol.